The van der Waals surface area contributed by atoms with E-state index in [1.54, 1.807) is 24.1 Å². The molecule has 1 aliphatic heterocycles. The summed E-state index contributed by atoms with van der Waals surface area (Å²) in [6, 6.07) is 7.29. The van der Waals surface area contributed by atoms with Gasteiger partial charge in [-0.05, 0) is 24.1 Å². The van der Waals surface area contributed by atoms with E-state index in [1.165, 1.54) is 0 Å². The number of halogens is 1. The van der Waals surface area contributed by atoms with Gasteiger partial charge in [-0.15, -0.1) is 11.6 Å². The fourth-order valence-electron chi connectivity index (χ4n) is 2.19. The van der Waals surface area contributed by atoms with Crippen molar-refractivity contribution in [2.24, 2.45) is 0 Å². The predicted octanol–water partition coefficient (Wildman–Crippen LogP) is 1.78. The summed E-state index contributed by atoms with van der Waals surface area (Å²) in [5.41, 5.74) is 1.53. The molecule has 1 saturated heterocycles. The average molecular weight is 281 g/mol. The lowest BCUT2D eigenvalue weighted by atomic mass is 10.0. The van der Waals surface area contributed by atoms with E-state index >= 15 is 0 Å². The van der Waals surface area contributed by atoms with E-state index in [0.29, 0.717) is 30.8 Å². The van der Waals surface area contributed by atoms with Crippen molar-refractivity contribution in [2.75, 3.05) is 13.6 Å². The molecule has 0 aromatic heterocycles. The second-order valence-electron chi connectivity index (χ2n) is 4.82. The zero-order valence-electron chi connectivity index (χ0n) is 10.9. The Balaban J connectivity index is 1.99. The molecule has 0 saturated carbocycles. The molecular formula is C14H17ClN2O2. The number of nitrogens with one attached hydrogen (secondary N) is 1. The van der Waals surface area contributed by atoms with Crippen molar-refractivity contribution >= 4 is 23.4 Å². The number of piperidine rings is 1. The van der Waals surface area contributed by atoms with Gasteiger partial charge >= 0.3 is 0 Å². The maximum Gasteiger partial charge on any atom is 0.251 e. The van der Waals surface area contributed by atoms with Crippen LogP contribution in [0.5, 0.6) is 0 Å². The molecule has 1 unspecified atom stereocenters. The Bertz CT molecular complexity index is 490. The van der Waals surface area contributed by atoms with Gasteiger partial charge in [0.2, 0.25) is 5.91 Å². The van der Waals surface area contributed by atoms with Gasteiger partial charge in [-0.2, -0.15) is 0 Å². The van der Waals surface area contributed by atoms with Gasteiger partial charge in [0.25, 0.3) is 5.91 Å². The van der Waals surface area contributed by atoms with E-state index < -0.39 is 0 Å². The molecule has 1 aliphatic rings. The fourth-order valence-corrected chi connectivity index (χ4v) is 2.36. The number of rotatable bonds is 3. The van der Waals surface area contributed by atoms with Crippen molar-refractivity contribution in [3.05, 3.63) is 35.4 Å². The number of likely N-dealkylation sites (tertiary alicyclic amines) is 1. The lowest BCUT2D eigenvalue weighted by Gasteiger charge is -2.30. The van der Waals surface area contributed by atoms with Gasteiger partial charge < -0.3 is 10.2 Å². The third-order valence-corrected chi connectivity index (χ3v) is 3.61. The molecule has 19 heavy (non-hydrogen) atoms. The number of amides is 2. The van der Waals surface area contributed by atoms with E-state index in [0.717, 1.165) is 5.56 Å². The number of benzene rings is 1. The lowest BCUT2D eigenvalue weighted by Crippen LogP contribution is -2.48. The highest BCUT2D eigenvalue weighted by Gasteiger charge is 2.24. The quantitative estimate of drug-likeness (QED) is 0.858. The SMILES string of the molecule is CN1CC(NC(=O)c2cccc(CCl)c2)CCC1=O. The van der Waals surface area contributed by atoms with Crippen molar-refractivity contribution in [3.63, 3.8) is 0 Å². The summed E-state index contributed by atoms with van der Waals surface area (Å²) in [4.78, 5) is 25.1. The van der Waals surface area contributed by atoms with Crippen molar-refractivity contribution < 1.29 is 9.59 Å². The van der Waals surface area contributed by atoms with Gasteiger partial charge in [0.1, 0.15) is 0 Å². The monoisotopic (exact) mass is 280 g/mol. The highest BCUT2D eigenvalue weighted by molar-refractivity contribution is 6.17. The number of likely N-dealkylation sites (N-methyl/N-ethyl adjacent to an activating group) is 1. The number of carbonyl (C=O) groups excluding carboxylic acids is 2. The molecule has 1 heterocycles. The third kappa shape index (κ3) is 3.47. The molecule has 1 N–H and O–H groups in total. The molecule has 0 spiro atoms. The molecule has 0 aliphatic carbocycles. The van der Waals surface area contributed by atoms with Crippen molar-refractivity contribution in [2.45, 2.75) is 24.8 Å². The summed E-state index contributed by atoms with van der Waals surface area (Å²) >= 11 is 5.75. The first-order chi connectivity index (χ1) is 9.10. The summed E-state index contributed by atoms with van der Waals surface area (Å²) in [5.74, 6) is 0.413. The Labute approximate surface area is 117 Å². The van der Waals surface area contributed by atoms with Crippen LogP contribution in [-0.4, -0.2) is 36.3 Å². The van der Waals surface area contributed by atoms with Crippen LogP contribution in [0.2, 0.25) is 0 Å². The van der Waals surface area contributed by atoms with Gasteiger partial charge in [0, 0.05) is 37.5 Å². The van der Waals surface area contributed by atoms with E-state index in [1.807, 2.05) is 12.1 Å². The first-order valence-electron chi connectivity index (χ1n) is 6.30. The molecule has 1 aromatic carbocycles. The molecule has 0 bridgehead atoms. The van der Waals surface area contributed by atoms with Crippen molar-refractivity contribution in [3.8, 4) is 0 Å². The Morgan fingerprint density at radius 1 is 1.53 bits per heavy atom. The van der Waals surface area contributed by atoms with E-state index in [2.05, 4.69) is 5.32 Å². The standard InChI is InChI=1S/C14H17ClN2O2/c1-17-9-12(5-6-13(17)18)16-14(19)11-4-2-3-10(7-11)8-15/h2-4,7,12H,5-6,8-9H2,1H3,(H,16,19). The van der Waals surface area contributed by atoms with Crippen LogP contribution in [0.3, 0.4) is 0 Å². The van der Waals surface area contributed by atoms with Crippen LogP contribution in [0.1, 0.15) is 28.8 Å². The molecule has 102 valence electrons. The number of carbonyl (C=O) groups is 2. The number of hydrogen-bond acceptors (Lipinski definition) is 2. The minimum absolute atomic E-state index is 0.0230. The van der Waals surface area contributed by atoms with Gasteiger partial charge in [-0.25, -0.2) is 0 Å². The number of alkyl halides is 1. The van der Waals surface area contributed by atoms with E-state index in [4.69, 9.17) is 11.6 Å². The molecule has 0 radical (unpaired) electrons. The van der Waals surface area contributed by atoms with Crippen LogP contribution in [0, 0.1) is 0 Å². The Morgan fingerprint density at radius 3 is 3.00 bits per heavy atom. The number of hydrogen-bond donors (Lipinski definition) is 1. The molecule has 5 heteroatoms. The molecule has 2 amide bonds. The van der Waals surface area contributed by atoms with Crippen LogP contribution in [0.25, 0.3) is 0 Å². The van der Waals surface area contributed by atoms with E-state index in [9.17, 15) is 9.59 Å². The summed E-state index contributed by atoms with van der Waals surface area (Å²) in [6.07, 6.45) is 1.19. The maximum atomic E-state index is 12.1. The topological polar surface area (TPSA) is 49.4 Å². The second kappa shape index (κ2) is 6.06. The normalized spacial score (nSPS) is 19.4. The average Bonchev–Trinajstić information content (AvgIpc) is 2.43. The van der Waals surface area contributed by atoms with Crippen LogP contribution >= 0.6 is 11.6 Å². The highest BCUT2D eigenvalue weighted by atomic mass is 35.5. The third-order valence-electron chi connectivity index (χ3n) is 3.31. The van der Waals surface area contributed by atoms with Crippen molar-refractivity contribution in [1.29, 1.82) is 0 Å². The Morgan fingerprint density at radius 2 is 2.32 bits per heavy atom. The second-order valence-corrected chi connectivity index (χ2v) is 5.08. The van der Waals surface area contributed by atoms with Crippen LogP contribution in [-0.2, 0) is 10.7 Å². The minimum atomic E-state index is -0.111. The smallest absolute Gasteiger partial charge is 0.251 e. The molecule has 4 nitrogen and oxygen atoms in total. The molecular weight excluding hydrogens is 264 g/mol. The first kappa shape index (κ1) is 13.9. The molecule has 2 rings (SSSR count). The van der Waals surface area contributed by atoms with Gasteiger partial charge in [0.05, 0.1) is 0 Å². The maximum absolute atomic E-state index is 12.1. The van der Waals surface area contributed by atoms with Crippen LogP contribution in [0.15, 0.2) is 24.3 Å². The lowest BCUT2D eigenvalue weighted by molar-refractivity contribution is -0.132. The molecule has 1 atom stereocenters. The zero-order valence-corrected chi connectivity index (χ0v) is 11.6. The number of nitrogens with zero attached hydrogens (tertiary/aromatic N) is 1. The fraction of sp³-hybridized carbons (Fsp3) is 0.429. The molecule has 1 fully saturated rings. The predicted molar refractivity (Wildman–Crippen MR) is 74.1 cm³/mol. The summed E-state index contributed by atoms with van der Waals surface area (Å²) in [5, 5.41) is 2.96. The first-order valence-corrected chi connectivity index (χ1v) is 6.83. The van der Waals surface area contributed by atoms with Crippen molar-refractivity contribution in [1.82, 2.24) is 10.2 Å². The largest absolute Gasteiger partial charge is 0.348 e. The Kier molecular flexibility index (Phi) is 4.43. The molecule has 1 aromatic rings. The van der Waals surface area contributed by atoms with E-state index in [-0.39, 0.29) is 17.9 Å². The van der Waals surface area contributed by atoms with Crippen LogP contribution in [0.4, 0.5) is 0 Å². The highest BCUT2D eigenvalue weighted by Crippen LogP contribution is 2.12. The van der Waals surface area contributed by atoms with Crippen LogP contribution < -0.4 is 5.32 Å². The van der Waals surface area contributed by atoms with Gasteiger partial charge in [-0.3, -0.25) is 9.59 Å². The van der Waals surface area contributed by atoms with Gasteiger partial charge in [0.15, 0.2) is 0 Å². The Hall–Kier alpha value is -1.55. The zero-order chi connectivity index (χ0) is 13.8. The summed E-state index contributed by atoms with van der Waals surface area (Å²) in [7, 11) is 1.76. The summed E-state index contributed by atoms with van der Waals surface area (Å²) in [6.45, 7) is 0.569. The minimum Gasteiger partial charge on any atom is -0.348 e. The van der Waals surface area contributed by atoms with Gasteiger partial charge in [-0.1, -0.05) is 12.1 Å². The summed E-state index contributed by atoms with van der Waals surface area (Å²) < 4.78 is 0.